The van der Waals surface area contributed by atoms with E-state index in [2.05, 4.69) is 264 Å². The SMILES string of the molecule is c1ccc(-c2ccc(-c3ccc(N(c4cccc(-c5ccc(-c6ccccc6)c6c5c5ccccc5n6-c5ccccc5)c4)c4ccc5c(ccc6ccccc65)c4)cc3)cc2)cc1. The third kappa shape index (κ3) is 6.52. The van der Waals surface area contributed by atoms with Crippen molar-refractivity contribution in [3.05, 3.63) is 255 Å². The molecule has 0 radical (unpaired) electrons. The Bertz CT molecular complexity index is 3630. The molecular formula is C62H42N2. The number of benzene rings is 11. The lowest BCUT2D eigenvalue weighted by Crippen LogP contribution is -2.10. The van der Waals surface area contributed by atoms with E-state index in [4.69, 9.17) is 0 Å². The highest BCUT2D eigenvalue weighted by Gasteiger charge is 2.21. The molecule has 0 atom stereocenters. The Morgan fingerprint density at radius 3 is 1.53 bits per heavy atom. The summed E-state index contributed by atoms with van der Waals surface area (Å²) in [5.41, 5.74) is 16.4. The van der Waals surface area contributed by atoms with Crippen molar-refractivity contribution in [3.63, 3.8) is 0 Å². The van der Waals surface area contributed by atoms with Crippen molar-refractivity contribution in [3.8, 4) is 50.2 Å². The summed E-state index contributed by atoms with van der Waals surface area (Å²) >= 11 is 0. The van der Waals surface area contributed by atoms with E-state index in [1.807, 2.05) is 0 Å². The number of aromatic nitrogens is 1. The number of rotatable bonds is 8. The van der Waals surface area contributed by atoms with Crippen molar-refractivity contribution >= 4 is 60.4 Å². The van der Waals surface area contributed by atoms with Gasteiger partial charge in [0.25, 0.3) is 0 Å². The van der Waals surface area contributed by atoms with Gasteiger partial charge in [0.15, 0.2) is 0 Å². The minimum absolute atomic E-state index is 1.09. The molecule has 64 heavy (non-hydrogen) atoms. The Morgan fingerprint density at radius 1 is 0.281 bits per heavy atom. The molecule has 300 valence electrons. The average Bonchev–Trinajstić information content (AvgIpc) is 3.73. The normalized spacial score (nSPS) is 11.4. The Labute approximate surface area is 373 Å². The Balaban J connectivity index is 1.03. The van der Waals surface area contributed by atoms with Gasteiger partial charge in [0.05, 0.1) is 11.0 Å². The van der Waals surface area contributed by atoms with Gasteiger partial charge in [0.1, 0.15) is 0 Å². The van der Waals surface area contributed by atoms with Gasteiger partial charge in [-0.1, -0.05) is 200 Å². The first kappa shape index (κ1) is 37.3. The topological polar surface area (TPSA) is 8.17 Å². The lowest BCUT2D eigenvalue weighted by molar-refractivity contribution is 1.18. The molecule has 0 fully saturated rings. The van der Waals surface area contributed by atoms with Crippen LogP contribution in [0.3, 0.4) is 0 Å². The molecule has 0 amide bonds. The Kier molecular flexibility index (Phi) is 9.20. The maximum atomic E-state index is 2.45. The molecule has 0 aliphatic heterocycles. The summed E-state index contributed by atoms with van der Waals surface area (Å²) < 4.78 is 2.45. The zero-order chi connectivity index (χ0) is 42.4. The van der Waals surface area contributed by atoms with Gasteiger partial charge < -0.3 is 9.47 Å². The van der Waals surface area contributed by atoms with Gasteiger partial charge in [-0.2, -0.15) is 0 Å². The molecular weight excluding hydrogens is 773 g/mol. The third-order valence-corrected chi connectivity index (χ3v) is 12.8. The van der Waals surface area contributed by atoms with Crippen molar-refractivity contribution in [1.82, 2.24) is 4.57 Å². The quantitative estimate of drug-likeness (QED) is 0.139. The van der Waals surface area contributed by atoms with E-state index in [0.29, 0.717) is 0 Å². The first-order chi connectivity index (χ1) is 31.7. The molecule has 0 aliphatic carbocycles. The lowest BCUT2D eigenvalue weighted by Gasteiger charge is -2.27. The predicted octanol–water partition coefficient (Wildman–Crippen LogP) is 17.2. The van der Waals surface area contributed by atoms with Gasteiger partial charge in [-0.3, -0.25) is 0 Å². The van der Waals surface area contributed by atoms with Crippen LogP contribution in [0.1, 0.15) is 0 Å². The third-order valence-electron chi connectivity index (χ3n) is 12.8. The maximum absolute atomic E-state index is 2.45. The average molecular weight is 815 g/mol. The number of hydrogen-bond acceptors (Lipinski definition) is 1. The molecule has 0 spiro atoms. The van der Waals surface area contributed by atoms with E-state index in [1.54, 1.807) is 0 Å². The van der Waals surface area contributed by atoms with Crippen LogP contribution in [-0.4, -0.2) is 4.57 Å². The molecule has 2 nitrogen and oxygen atoms in total. The minimum Gasteiger partial charge on any atom is -0.310 e. The minimum atomic E-state index is 1.09. The first-order valence-electron chi connectivity index (χ1n) is 22.0. The zero-order valence-corrected chi connectivity index (χ0v) is 35.1. The molecule has 0 unspecified atom stereocenters. The summed E-state index contributed by atoms with van der Waals surface area (Å²) in [6, 6.07) is 92.7. The summed E-state index contributed by atoms with van der Waals surface area (Å²) in [6.45, 7) is 0. The second-order valence-corrected chi connectivity index (χ2v) is 16.5. The van der Waals surface area contributed by atoms with Crippen LogP contribution in [0.2, 0.25) is 0 Å². The van der Waals surface area contributed by atoms with Crippen LogP contribution in [0, 0.1) is 0 Å². The van der Waals surface area contributed by atoms with Gasteiger partial charge in [-0.25, -0.2) is 0 Å². The summed E-state index contributed by atoms with van der Waals surface area (Å²) in [6.07, 6.45) is 0. The van der Waals surface area contributed by atoms with Crippen molar-refractivity contribution in [2.24, 2.45) is 0 Å². The molecule has 0 aliphatic rings. The van der Waals surface area contributed by atoms with Crippen LogP contribution < -0.4 is 4.90 Å². The van der Waals surface area contributed by atoms with Crippen LogP contribution in [0.25, 0.3) is 93.5 Å². The summed E-state index contributed by atoms with van der Waals surface area (Å²) in [5, 5.41) is 7.44. The second-order valence-electron chi connectivity index (χ2n) is 16.5. The van der Waals surface area contributed by atoms with E-state index >= 15 is 0 Å². The molecule has 12 rings (SSSR count). The molecule has 0 bridgehead atoms. The number of anilines is 3. The van der Waals surface area contributed by atoms with E-state index in [9.17, 15) is 0 Å². The second kappa shape index (κ2) is 15.8. The van der Waals surface area contributed by atoms with Gasteiger partial charge >= 0.3 is 0 Å². The summed E-state index contributed by atoms with van der Waals surface area (Å²) in [5.74, 6) is 0. The van der Waals surface area contributed by atoms with Gasteiger partial charge in [0.2, 0.25) is 0 Å². The van der Waals surface area contributed by atoms with Crippen LogP contribution >= 0.6 is 0 Å². The van der Waals surface area contributed by atoms with Gasteiger partial charge in [-0.15, -0.1) is 0 Å². The number of para-hydroxylation sites is 2. The smallest absolute Gasteiger partial charge is 0.0625 e. The highest BCUT2D eigenvalue weighted by Crippen LogP contribution is 2.45. The molecule has 1 aromatic heterocycles. The molecule has 12 aromatic rings. The number of nitrogens with zero attached hydrogens (tertiary/aromatic N) is 2. The van der Waals surface area contributed by atoms with E-state index in [-0.39, 0.29) is 0 Å². The fourth-order valence-electron chi connectivity index (χ4n) is 9.72. The Hall–Kier alpha value is -8.46. The van der Waals surface area contributed by atoms with Crippen LogP contribution in [-0.2, 0) is 0 Å². The van der Waals surface area contributed by atoms with Crippen molar-refractivity contribution in [2.75, 3.05) is 4.90 Å². The largest absolute Gasteiger partial charge is 0.310 e. The molecule has 0 saturated carbocycles. The maximum Gasteiger partial charge on any atom is 0.0625 e. The van der Waals surface area contributed by atoms with Crippen LogP contribution in [0.5, 0.6) is 0 Å². The van der Waals surface area contributed by atoms with Gasteiger partial charge in [0, 0.05) is 39.1 Å². The highest BCUT2D eigenvalue weighted by molar-refractivity contribution is 6.19. The van der Waals surface area contributed by atoms with E-state index in [0.717, 1.165) is 28.3 Å². The molecule has 11 aromatic carbocycles. The summed E-state index contributed by atoms with van der Waals surface area (Å²) in [4.78, 5) is 2.41. The lowest BCUT2D eigenvalue weighted by atomic mass is 9.94. The number of hydrogen-bond donors (Lipinski definition) is 0. The Morgan fingerprint density at radius 2 is 0.797 bits per heavy atom. The molecule has 2 heteroatoms. The van der Waals surface area contributed by atoms with Crippen molar-refractivity contribution in [1.29, 1.82) is 0 Å². The first-order valence-corrected chi connectivity index (χ1v) is 22.0. The zero-order valence-electron chi connectivity index (χ0n) is 35.1. The van der Waals surface area contributed by atoms with E-state index < -0.39 is 0 Å². The summed E-state index contributed by atoms with van der Waals surface area (Å²) in [7, 11) is 0. The van der Waals surface area contributed by atoms with Crippen molar-refractivity contribution < 1.29 is 0 Å². The molecule has 0 saturated heterocycles. The highest BCUT2D eigenvalue weighted by atomic mass is 15.1. The fourth-order valence-corrected chi connectivity index (χ4v) is 9.72. The predicted molar refractivity (Wildman–Crippen MR) is 272 cm³/mol. The van der Waals surface area contributed by atoms with Gasteiger partial charge in [-0.05, 0) is 115 Å². The monoisotopic (exact) mass is 814 g/mol. The molecule has 1 heterocycles. The van der Waals surface area contributed by atoms with Crippen molar-refractivity contribution in [2.45, 2.75) is 0 Å². The van der Waals surface area contributed by atoms with Crippen LogP contribution in [0.15, 0.2) is 255 Å². The standard InChI is InChI=1S/C62H42N2/c1-4-15-43(16-5-1)44-27-29-45(30-28-44)46-33-35-52(36-34-46)63(54-37-38-56-50(42-54)32-31-48-19-10-11-24-55(48)56)53-23-14-20-49(41-53)57-39-40-58(47-17-6-2-7-18-47)62-61(57)59-25-12-13-26-60(59)64(62)51-21-8-3-9-22-51/h1-42H. The number of fused-ring (bicyclic) bond motifs is 6. The molecule has 0 N–H and O–H groups in total. The fraction of sp³-hybridized carbons (Fsp3) is 0. The van der Waals surface area contributed by atoms with E-state index in [1.165, 1.54) is 82.3 Å². The van der Waals surface area contributed by atoms with Crippen LogP contribution in [0.4, 0.5) is 17.1 Å².